The Hall–Kier alpha value is -2.67. The second kappa shape index (κ2) is 7.06. The van der Waals surface area contributed by atoms with Gasteiger partial charge in [0.25, 0.3) is 0 Å². The molecule has 1 aliphatic rings. The second-order valence-electron chi connectivity index (χ2n) is 6.27. The molecule has 0 aliphatic carbocycles. The number of hydrogen-bond donors (Lipinski definition) is 2. The van der Waals surface area contributed by atoms with Crippen LogP contribution in [0.25, 0.3) is 11.0 Å². The smallest absolute Gasteiger partial charge is 0.163 e. The predicted molar refractivity (Wildman–Crippen MR) is 98.2 cm³/mol. The molecular weight excluding hydrogens is 316 g/mol. The van der Waals surface area contributed by atoms with Gasteiger partial charge in [0.05, 0.1) is 24.7 Å². The maximum atomic E-state index is 9.11. The van der Waals surface area contributed by atoms with Crippen LogP contribution in [-0.2, 0) is 6.54 Å². The highest BCUT2D eigenvalue weighted by Gasteiger charge is 2.12. The summed E-state index contributed by atoms with van der Waals surface area (Å²) in [5, 5.41) is 17.6. The predicted octanol–water partition coefficient (Wildman–Crippen LogP) is 2.55. The normalized spacial score (nSPS) is 14.8. The number of hydrogen-bond acceptors (Lipinski definition) is 6. The average molecular weight is 338 g/mol. The summed E-state index contributed by atoms with van der Waals surface area (Å²) in [4.78, 5) is 11.0. The monoisotopic (exact) mass is 338 g/mol. The minimum atomic E-state index is 0.0293. The minimum absolute atomic E-state index is 0.0293. The topological polar surface area (TPSA) is 79.1 Å². The Labute approximate surface area is 146 Å². The van der Waals surface area contributed by atoms with Gasteiger partial charge in [-0.2, -0.15) is 5.10 Å². The Morgan fingerprint density at radius 3 is 2.60 bits per heavy atom. The Bertz CT molecular complexity index is 838. The molecule has 7 nitrogen and oxygen atoms in total. The summed E-state index contributed by atoms with van der Waals surface area (Å²) in [5.41, 5.74) is 2.97. The highest BCUT2D eigenvalue weighted by Crippen LogP contribution is 2.25. The van der Waals surface area contributed by atoms with Gasteiger partial charge in [-0.05, 0) is 43.5 Å². The van der Waals surface area contributed by atoms with E-state index >= 15 is 0 Å². The van der Waals surface area contributed by atoms with Crippen molar-refractivity contribution < 1.29 is 5.11 Å². The van der Waals surface area contributed by atoms with Gasteiger partial charge in [0.1, 0.15) is 12.1 Å². The number of aliphatic hydroxyl groups is 1. The molecule has 3 heterocycles. The van der Waals surface area contributed by atoms with Crippen LogP contribution in [0, 0.1) is 0 Å². The van der Waals surface area contributed by atoms with Crippen molar-refractivity contribution in [3.05, 3.63) is 36.8 Å². The summed E-state index contributed by atoms with van der Waals surface area (Å²) in [6, 6.07) is 8.47. The van der Waals surface area contributed by atoms with Gasteiger partial charge in [-0.15, -0.1) is 0 Å². The van der Waals surface area contributed by atoms with Crippen molar-refractivity contribution in [3.63, 3.8) is 0 Å². The van der Waals surface area contributed by atoms with E-state index in [-0.39, 0.29) is 6.61 Å². The van der Waals surface area contributed by atoms with Crippen LogP contribution in [0.5, 0.6) is 0 Å². The molecule has 25 heavy (non-hydrogen) atoms. The number of nitrogens with zero attached hydrogens (tertiary/aromatic N) is 5. The van der Waals surface area contributed by atoms with Gasteiger partial charge in [-0.1, -0.05) is 0 Å². The Kier molecular flexibility index (Phi) is 4.47. The Morgan fingerprint density at radius 1 is 1.04 bits per heavy atom. The van der Waals surface area contributed by atoms with Crippen LogP contribution >= 0.6 is 0 Å². The molecule has 2 N–H and O–H groups in total. The van der Waals surface area contributed by atoms with Crippen molar-refractivity contribution in [1.82, 2.24) is 19.7 Å². The SMILES string of the molecule is OCCn1ncc2c(Nc3ccc(N4CCCCC4)cc3)ncnc21. The molecule has 1 aromatic carbocycles. The molecule has 0 bridgehead atoms. The standard InChI is InChI=1S/C18H22N6O/c25-11-10-24-18-16(12-21-24)17(19-13-20-18)22-14-4-6-15(7-5-14)23-8-2-1-3-9-23/h4-7,12-13,25H,1-3,8-11H2,(H,19,20,22). The summed E-state index contributed by atoms with van der Waals surface area (Å²) in [7, 11) is 0. The van der Waals surface area contributed by atoms with E-state index in [9.17, 15) is 0 Å². The van der Waals surface area contributed by atoms with E-state index < -0.39 is 0 Å². The second-order valence-corrected chi connectivity index (χ2v) is 6.27. The summed E-state index contributed by atoms with van der Waals surface area (Å²) in [5.74, 6) is 0.722. The molecule has 0 radical (unpaired) electrons. The lowest BCUT2D eigenvalue weighted by Gasteiger charge is -2.28. The molecule has 0 spiro atoms. The van der Waals surface area contributed by atoms with E-state index in [0.29, 0.717) is 6.54 Å². The molecule has 4 rings (SSSR count). The van der Waals surface area contributed by atoms with E-state index in [1.54, 1.807) is 10.9 Å². The number of nitrogens with one attached hydrogen (secondary N) is 1. The first-order valence-corrected chi connectivity index (χ1v) is 8.74. The molecule has 2 aromatic heterocycles. The number of aromatic nitrogens is 4. The van der Waals surface area contributed by atoms with E-state index in [2.05, 4.69) is 49.5 Å². The number of fused-ring (bicyclic) bond motifs is 1. The van der Waals surface area contributed by atoms with Gasteiger partial charge in [0.15, 0.2) is 5.65 Å². The Morgan fingerprint density at radius 2 is 1.84 bits per heavy atom. The van der Waals surface area contributed by atoms with Crippen LogP contribution < -0.4 is 10.2 Å². The molecular formula is C18H22N6O. The zero-order chi connectivity index (χ0) is 17.1. The first kappa shape index (κ1) is 15.8. The third-order valence-electron chi connectivity index (χ3n) is 4.60. The van der Waals surface area contributed by atoms with Crippen LogP contribution in [0.15, 0.2) is 36.8 Å². The molecule has 0 saturated carbocycles. The zero-order valence-corrected chi connectivity index (χ0v) is 14.1. The van der Waals surface area contributed by atoms with Crippen molar-refractivity contribution >= 4 is 28.2 Å². The van der Waals surface area contributed by atoms with Crippen molar-refractivity contribution in [2.75, 3.05) is 29.9 Å². The van der Waals surface area contributed by atoms with Crippen LogP contribution in [0.3, 0.4) is 0 Å². The molecule has 0 atom stereocenters. The number of rotatable bonds is 5. The highest BCUT2D eigenvalue weighted by molar-refractivity contribution is 5.88. The summed E-state index contributed by atoms with van der Waals surface area (Å²) in [6.45, 7) is 2.73. The third-order valence-corrected chi connectivity index (χ3v) is 4.60. The lowest BCUT2D eigenvalue weighted by atomic mass is 10.1. The van der Waals surface area contributed by atoms with E-state index in [1.807, 2.05) is 0 Å². The molecule has 1 aliphatic heterocycles. The molecule has 1 fully saturated rings. The maximum Gasteiger partial charge on any atom is 0.163 e. The first-order valence-electron chi connectivity index (χ1n) is 8.74. The van der Waals surface area contributed by atoms with E-state index in [4.69, 9.17) is 5.11 Å². The molecule has 1 saturated heterocycles. The van der Waals surface area contributed by atoms with Crippen molar-refractivity contribution in [2.45, 2.75) is 25.8 Å². The number of aliphatic hydroxyl groups excluding tert-OH is 1. The summed E-state index contributed by atoms with van der Waals surface area (Å²) in [6.07, 6.45) is 7.13. The van der Waals surface area contributed by atoms with Gasteiger partial charge in [0, 0.05) is 24.5 Å². The van der Waals surface area contributed by atoms with Gasteiger partial charge in [0.2, 0.25) is 0 Å². The van der Waals surface area contributed by atoms with Crippen molar-refractivity contribution in [1.29, 1.82) is 0 Å². The first-order chi connectivity index (χ1) is 12.3. The van der Waals surface area contributed by atoms with Crippen molar-refractivity contribution in [3.8, 4) is 0 Å². The fourth-order valence-corrected chi connectivity index (χ4v) is 3.30. The lowest BCUT2D eigenvalue weighted by Crippen LogP contribution is -2.29. The fraction of sp³-hybridized carbons (Fsp3) is 0.389. The third kappa shape index (κ3) is 3.28. The lowest BCUT2D eigenvalue weighted by molar-refractivity contribution is 0.271. The van der Waals surface area contributed by atoms with Crippen LogP contribution in [0.2, 0.25) is 0 Å². The zero-order valence-electron chi connectivity index (χ0n) is 14.1. The number of anilines is 3. The summed E-state index contributed by atoms with van der Waals surface area (Å²) < 4.78 is 1.68. The Balaban J connectivity index is 1.54. The van der Waals surface area contributed by atoms with Crippen LogP contribution in [-0.4, -0.2) is 44.6 Å². The van der Waals surface area contributed by atoms with Gasteiger partial charge < -0.3 is 15.3 Å². The molecule has 7 heteroatoms. The molecule has 0 amide bonds. The van der Waals surface area contributed by atoms with E-state index in [1.165, 1.54) is 31.3 Å². The molecule has 130 valence electrons. The number of piperidine rings is 1. The molecule has 0 unspecified atom stereocenters. The van der Waals surface area contributed by atoms with E-state index in [0.717, 1.165) is 35.6 Å². The van der Waals surface area contributed by atoms with Crippen LogP contribution in [0.1, 0.15) is 19.3 Å². The van der Waals surface area contributed by atoms with Crippen molar-refractivity contribution in [2.24, 2.45) is 0 Å². The minimum Gasteiger partial charge on any atom is -0.394 e. The van der Waals surface area contributed by atoms with Crippen LogP contribution in [0.4, 0.5) is 17.2 Å². The van der Waals surface area contributed by atoms with Gasteiger partial charge in [-0.25, -0.2) is 14.6 Å². The number of benzene rings is 1. The van der Waals surface area contributed by atoms with Gasteiger partial charge in [-0.3, -0.25) is 0 Å². The molecule has 3 aromatic rings. The largest absolute Gasteiger partial charge is 0.394 e. The maximum absolute atomic E-state index is 9.11. The highest BCUT2D eigenvalue weighted by atomic mass is 16.3. The fourth-order valence-electron chi connectivity index (χ4n) is 3.30. The summed E-state index contributed by atoms with van der Waals surface area (Å²) >= 11 is 0. The van der Waals surface area contributed by atoms with Gasteiger partial charge >= 0.3 is 0 Å². The average Bonchev–Trinajstić information content (AvgIpc) is 3.08. The quantitative estimate of drug-likeness (QED) is 0.744.